The van der Waals surface area contributed by atoms with Crippen molar-refractivity contribution in [2.75, 3.05) is 6.61 Å². The van der Waals surface area contributed by atoms with Crippen LogP contribution in [0.15, 0.2) is 42.0 Å². The standard InChI is InChI=1S/C23H26N2O2/c1-2-14-27-22-13-12-17-8-6-7-11-20(17)21(22)15-18(16-24)23(26)25-19-9-4-3-5-10-19/h6-8,11-13,15,19H,2-5,9-10,14H2,1H3,(H,25,26)/b18-15+. The maximum Gasteiger partial charge on any atom is 0.262 e. The van der Waals surface area contributed by atoms with E-state index in [-0.39, 0.29) is 17.5 Å². The number of amides is 1. The SMILES string of the molecule is CCCOc1ccc2ccccc2c1/C=C(\C#N)C(=O)NC1CCCCC1. The molecule has 2 aromatic rings. The average Bonchev–Trinajstić information content (AvgIpc) is 2.71. The number of carbonyl (C=O) groups is 1. The molecule has 1 aliphatic carbocycles. The molecule has 0 spiro atoms. The third-order valence-corrected chi connectivity index (χ3v) is 4.99. The van der Waals surface area contributed by atoms with Gasteiger partial charge in [0.1, 0.15) is 17.4 Å². The molecule has 0 bridgehead atoms. The molecule has 140 valence electrons. The highest BCUT2D eigenvalue weighted by atomic mass is 16.5. The van der Waals surface area contributed by atoms with Crippen LogP contribution in [-0.2, 0) is 4.79 Å². The van der Waals surface area contributed by atoms with Crippen molar-refractivity contribution in [3.8, 4) is 11.8 Å². The normalized spacial score (nSPS) is 15.3. The average molecular weight is 362 g/mol. The van der Waals surface area contributed by atoms with Gasteiger partial charge in [-0.15, -0.1) is 0 Å². The monoisotopic (exact) mass is 362 g/mol. The van der Waals surface area contributed by atoms with E-state index >= 15 is 0 Å². The summed E-state index contributed by atoms with van der Waals surface area (Å²) in [5, 5.41) is 14.7. The van der Waals surface area contributed by atoms with Gasteiger partial charge in [-0.3, -0.25) is 4.79 Å². The molecular formula is C23H26N2O2. The summed E-state index contributed by atoms with van der Waals surface area (Å²) >= 11 is 0. The zero-order valence-electron chi connectivity index (χ0n) is 15.8. The Balaban J connectivity index is 1.95. The Hall–Kier alpha value is -2.80. The molecule has 1 saturated carbocycles. The van der Waals surface area contributed by atoms with E-state index in [0.717, 1.165) is 48.4 Å². The van der Waals surface area contributed by atoms with Gasteiger partial charge in [-0.25, -0.2) is 0 Å². The Morgan fingerprint density at radius 1 is 1.22 bits per heavy atom. The van der Waals surface area contributed by atoms with Gasteiger partial charge in [0.25, 0.3) is 5.91 Å². The predicted molar refractivity (Wildman–Crippen MR) is 108 cm³/mol. The van der Waals surface area contributed by atoms with Crippen LogP contribution >= 0.6 is 0 Å². The van der Waals surface area contributed by atoms with Crippen molar-refractivity contribution >= 4 is 22.8 Å². The van der Waals surface area contributed by atoms with Gasteiger partial charge in [0, 0.05) is 11.6 Å². The summed E-state index contributed by atoms with van der Waals surface area (Å²) in [5.41, 5.74) is 0.912. The molecule has 3 rings (SSSR count). The lowest BCUT2D eigenvalue weighted by Gasteiger charge is -2.22. The maximum absolute atomic E-state index is 12.7. The summed E-state index contributed by atoms with van der Waals surface area (Å²) < 4.78 is 5.88. The number of nitriles is 1. The van der Waals surface area contributed by atoms with Crippen molar-refractivity contribution in [1.82, 2.24) is 5.32 Å². The lowest BCUT2D eigenvalue weighted by molar-refractivity contribution is -0.117. The van der Waals surface area contributed by atoms with E-state index in [4.69, 9.17) is 4.74 Å². The van der Waals surface area contributed by atoms with Crippen molar-refractivity contribution in [3.05, 3.63) is 47.5 Å². The minimum atomic E-state index is -0.293. The Morgan fingerprint density at radius 2 is 2.00 bits per heavy atom. The Morgan fingerprint density at radius 3 is 2.74 bits per heavy atom. The van der Waals surface area contributed by atoms with Gasteiger partial charge >= 0.3 is 0 Å². The second-order valence-corrected chi connectivity index (χ2v) is 7.03. The van der Waals surface area contributed by atoms with Crippen LogP contribution in [0.1, 0.15) is 51.0 Å². The lowest BCUT2D eigenvalue weighted by atomic mass is 9.95. The van der Waals surface area contributed by atoms with Crippen molar-refractivity contribution in [1.29, 1.82) is 5.26 Å². The largest absolute Gasteiger partial charge is 0.493 e. The fourth-order valence-corrected chi connectivity index (χ4v) is 3.57. The molecule has 1 N–H and O–H groups in total. The molecule has 0 aromatic heterocycles. The molecule has 1 fully saturated rings. The molecule has 1 aliphatic rings. The summed E-state index contributed by atoms with van der Waals surface area (Å²) in [7, 11) is 0. The van der Waals surface area contributed by atoms with Crippen molar-refractivity contribution in [2.24, 2.45) is 0 Å². The molecule has 0 radical (unpaired) electrons. The zero-order valence-corrected chi connectivity index (χ0v) is 15.8. The summed E-state index contributed by atoms with van der Waals surface area (Å²) in [6, 6.07) is 14.1. The van der Waals surface area contributed by atoms with Crippen molar-refractivity contribution in [3.63, 3.8) is 0 Å². The molecule has 0 aliphatic heterocycles. The lowest BCUT2D eigenvalue weighted by Crippen LogP contribution is -2.36. The van der Waals surface area contributed by atoms with E-state index in [9.17, 15) is 10.1 Å². The molecule has 4 nitrogen and oxygen atoms in total. The van der Waals surface area contributed by atoms with Gasteiger partial charge in [-0.05, 0) is 42.2 Å². The minimum absolute atomic E-state index is 0.123. The molecule has 0 heterocycles. The molecule has 0 saturated heterocycles. The van der Waals surface area contributed by atoms with E-state index in [2.05, 4.69) is 18.3 Å². The third-order valence-electron chi connectivity index (χ3n) is 4.99. The number of nitrogens with one attached hydrogen (secondary N) is 1. The zero-order chi connectivity index (χ0) is 19.1. The number of benzene rings is 2. The summed E-state index contributed by atoms with van der Waals surface area (Å²) in [5.74, 6) is 0.410. The molecule has 4 heteroatoms. The van der Waals surface area contributed by atoms with Gasteiger partial charge in [0.15, 0.2) is 0 Å². The first-order chi connectivity index (χ1) is 13.2. The molecule has 27 heavy (non-hydrogen) atoms. The minimum Gasteiger partial charge on any atom is -0.493 e. The van der Waals surface area contributed by atoms with Crippen LogP contribution in [0.25, 0.3) is 16.8 Å². The Kier molecular flexibility index (Phi) is 6.49. The van der Waals surface area contributed by atoms with Crippen LogP contribution in [0.2, 0.25) is 0 Å². The number of fused-ring (bicyclic) bond motifs is 1. The highest BCUT2D eigenvalue weighted by Gasteiger charge is 2.19. The Bertz CT molecular complexity index is 874. The van der Waals surface area contributed by atoms with Crippen molar-refractivity contribution in [2.45, 2.75) is 51.5 Å². The third kappa shape index (κ3) is 4.68. The second-order valence-electron chi connectivity index (χ2n) is 7.03. The molecular weight excluding hydrogens is 336 g/mol. The Labute approximate surface area is 160 Å². The van der Waals surface area contributed by atoms with Gasteiger partial charge in [-0.2, -0.15) is 5.26 Å². The van der Waals surface area contributed by atoms with Gasteiger partial charge in [-0.1, -0.05) is 56.5 Å². The van der Waals surface area contributed by atoms with E-state index in [1.807, 2.05) is 36.4 Å². The topological polar surface area (TPSA) is 62.1 Å². The van der Waals surface area contributed by atoms with Crippen LogP contribution in [0.4, 0.5) is 0 Å². The first kappa shape index (κ1) is 19.0. The van der Waals surface area contributed by atoms with Crippen LogP contribution in [0, 0.1) is 11.3 Å². The number of rotatable bonds is 6. The van der Waals surface area contributed by atoms with E-state index < -0.39 is 0 Å². The molecule has 2 aromatic carbocycles. The van der Waals surface area contributed by atoms with E-state index in [0.29, 0.717) is 12.4 Å². The quantitative estimate of drug-likeness (QED) is 0.582. The number of nitrogens with zero attached hydrogens (tertiary/aromatic N) is 1. The second kappa shape index (κ2) is 9.23. The van der Waals surface area contributed by atoms with Crippen LogP contribution in [0.3, 0.4) is 0 Å². The van der Waals surface area contributed by atoms with Crippen LogP contribution in [-0.4, -0.2) is 18.6 Å². The molecule has 1 amide bonds. The number of hydrogen-bond donors (Lipinski definition) is 1. The first-order valence-electron chi connectivity index (χ1n) is 9.80. The molecule has 0 atom stereocenters. The number of hydrogen-bond acceptors (Lipinski definition) is 3. The molecule has 0 unspecified atom stereocenters. The van der Waals surface area contributed by atoms with Gasteiger partial charge in [0.05, 0.1) is 6.61 Å². The van der Waals surface area contributed by atoms with E-state index in [1.165, 1.54) is 6.42 Å². The predicted octanol–water partition coefficient (Wildman–Crippen LogP) is 4.98. The first-order valence-corrected chi connectivity index (χ1v) is 9.80. The smallest absolute Gasteiger partial charge is 0.262 e. The van der Waals surface area contributed by atoms with Gasteiger partial charge in [0.2, 0.25) is 0 Å². The maximum atomic E-state index is 12.7. The highest BCUT2D eigenvalue weighted by Crippen LogP contribution is 2.30. The number of ether oxygens (including phenoxy) is 1. The van der Waals surface area contributed by atoms with Crippen molar-refractivity contribution < 1.29 is 9.53 Å². The fourth-order valence-electron chi connectivity index (χ4n) is 3.57. The van der Waals surface area contributed by atoms with Crippen LogP contribution in [0.5, 0.6) is 5.75 Å². The number of carbonyl (C=O) groups excluding carboxylic acids is 1. The van der Waals surface area contributed by atoms with Gasteiger partial charge < -0.3 is 10.1 Å². The van der Waals surface area contributed by atoms with Crippen LogP contribution < -0.4 is 10.1 Å². The van der Waals surface area contributed by atoms with E-state index in [1.54, 1.807) is 6.08 Å². The summed E-state index contributed by atoms with van der Waals surface area (Å²) in [6.45, 7) is 2.64. The fraction of sp³-hybridized carbons (Fsp3) is 0.391. The summed E-state index contributed by atoms with van der Waals surface area (Å²) in [6.07, 6.45) is 8.03. The summed E-state index contributed by atoms with van der Waals surface area (Å²) in [4.78, 5) is 12.7. The highest BCUT2D eigenvalue weighted by molar-refractivity contribution is 6.05.